The van der Waals surface area contributed by atoms with Gasteiger partial charge in [0.15, 0.2) is 0 Å². The quantitative estimate of drug-likeness (QED) is 0.807. The molecule has 1 aromatic carbocycles. The Morgan fingerprint density at radius 3 is 2.57 bits per heavy atom. The van der Waals surface area contributed by atoms with Crippen molar-refractivity contribution in [3.8, 4) is 0 Å². The van der Waals surface area contributed by atoms with Crippen LogP contribution in [0, 0.1) is 6.92 Å². The van der Waals surface area contributed by atoms with Gasteiger partial charge in [-0.1, -0.05) is 40.0 Å². The number of hydrazine groups is 1. The number of rotatable bonds is 2. The maximum absolute atomic E-state index is 12.6. The standard InChI is InChI=1S/C14H17BrN2O3S/c1-10-4-6-11(7-5-10)21(19,20)17-13(18)9-14(16-17)8-2-3-12(14)15/h4-7,12,16H,2-3,8-9H2,1H3/t12-,14+/m1/s1. The highest BCUT2D eigenvalue weighted by atomic mass is 79.9. The lowest BCUT2D eigenvalue weighted by molar-refractivity contribution is -0.124. The van der Waals surface area contributed by atoms with Crippen LogP contribution in [0.4, 0.5) is 0 Å². The molecule has 3 rings (SSSR count). The first kappa shape index (κ1) is 15.0. The first-order valence-corrected chi connectivity index (χ1v) is 9.27. The van der Waals surface area contributed by atoms with E-state index in [4.69, 9.17) is 0 Å². The van der Waals surface area contributed by atoms with Gasteiger partial charge in [-0.25, -0.2) is 5.43 Å². The lowest BCUT2D eigenvalue weighted by atomic mass is 9.96. The highest BCUT2D eigenvalue weighted by Gasteiger charge is 2.53. The number of benzene rings is 1. The highest BCUT2D eigenvalue weighted by Crippen LogP contribution is 2.42. The molecule has 1 aromatic rings. The van der Waals surface area contributed by atoms with Gasteiger partial charge in [0.05, 0.1) is 16.9 Å². The number of nitrogens with one attached hydrogen (secondary N) is 1. The van der Waals surface area contributed by atoms with Crippen molar-refractivity contribution in [3.63, 3.8) is 0 Å². The van der Waals surface area contributed by atoms with Crippen LogP contribution in [-0.2, 0) is 14.8 Å². The molecular weight excluding hydrogens is 356 g/mol. The van der Waals surface area contributed by atoms with Crippen molar-refractivity contribution in [2.24, 2.45) is 0 Å². The van der Waals surface area contributed by atoms with Gasteiger partial charge in [0.2, 0.25) is 0 Å². The van der Waals surface area contributed by atoms with Crippen molar-refractivity contribution in [1.82, 2.24) is 9.84 Å². The summed E-state index contributed by atoms with van der Waals surface area (Å²) in [6, 6.07) is 6.52. The number of sulfonamides is 1. The molecule has 0 radical (unpaired) electrons. The van der Waals surface area contributed by atoms with Crippen LogP contribution in [0.15, 0.2) is 29.2 Å². The second-order valence-electron chi connectivity index (χ2n) is 5.78. The van der Waals surface area contributed by atoms with Crippen LogP contribution in [0.25, 0.3) is 0 Å². The third kappa shape index (κ3) is 2.41. The third-order valence-corrected chi connectivity index (χ3v) is 7.23. The van der Waals surface area contributed by atoms with Gasteiger partial charge in [-0.15, -0.1) is 0 Å². The molecule has 7 heteroatoms. The summed E-state index contributed by atoms with van der Waals surface area (Å²) in [6.07, 6.45) is 2.94. The summed E-state index contributed by atoms with van der Waals surface area (Å²) in [5.41, 5.74) is 3.48. The zero-order chi connectivity index (χ0) is 15.3. The zero-order valence-electron chi connectivity index (χ0n) is 11.7. The molecule has 1 heterocycles. The number of aryl methyl sites for hydroxylation is 1. The molecule has 1 saturated carbocycles. The summed E-state index contributed by atoms with van der Waals surface area (Å²) in [4.78, 5) is 12.5. The van der Waals surface area contributed by atoms with Gasteiger partial charge in [0, 0.05) is 4.83 Å². The van der Waals surface area contributed by atoms with E-state index >= 15 is 0 Å². The lowest BCUT2D eigenvalue weighted by Gasteiger charge is -2.28. The van der Waals surface area contributed by atoms with E-state index in [-0.39, 0.29) is 22.1 Å². The van der Waals surface area contributed by atoms with Crippen LogP contribution < -0.4 is 5.43 Å². The van der Waals surface area contributed by atoms with Crippen LogP contribution in [0.2, 0.25) is 0 Å². The van der Waals surface area contributed by atoms with E-state index in [9.17, 15) is 13.2 Å². The molecule has 1 aliphatic carbocycles. The number of nitrogens with zero attached hydrogens (tertiary/aromatic N) is 1. The summed E-state index contributed by atoms with van der Waals surface area (Å²) in [6.45, 7) is 1.89. The number of halogens is 1. The van der Waals surface area contributed by atoms with E-state index in [1.165, 1.54) is 12.1 Å². The molecule has 5 nitrogen and oxygen atoms in total. The first-order valence-electron chi connectivity index (χ1n) is 6.92. The fourth-order valence-electron chi connectivity index (χ4n) is 3.01. The smallest absolute Gasteiger partial charge is 0.272 e. The van der Waals surface area contributed by atoms with Gasteiger partial charge in [-0.3, -0.25) is 4.79 Å². The molecular formula is C14H17BrN2O3S. The number of alkyl halides is 1. The number of amides is 1. The fourth-order valence-corrected chi connectivity index (χ4v) is 5.15. The minimum absolute atomic E-state index is 0.118. The topological polar surface area (TPSA) is 66.5 Å². The van der Waals surface area contributed by atoms with Crippen molar-refractivity contribution in [2.75, 3.05) is 0 Å². The molecule has 1 spiro atoms. The summed E-state index contributed by atoms with van der Waals surface area (Å²) in [5.74, 6) is -0.387. The van der Waals surface area contributed by atoms with Gasteiger partial charge in [0.1, 0.15) is 0 Å². The number of carbonyl (C=O) groups excluding carboxylic acids is 1. The van der Waals surface area contributed by atoms with E-state index < -0.39 is 15.6 Å². The van der Waals surface area contributed by atoms with Crippen LogP contribution in [0.3, 0.4) is 0 Å². The third-order valence-electron chi connectivity index (χ3n) is 4.26. The number of carbonyl (C=O) groups is 1. The van der Waals surface area contributed by atoms with Crippen molar-refractivity contribution < 1.29 is 13.2 Å². The molecule has 1 aliphatic heterocycles. The molecule has 1 saturated heterocycles. The molecule has 0 bridgehead atoms. The Balaban J connectivity index is 1.93. The Kier molecular flexibility index (Phi) is 3.62. The zero-order valence-corrected chi connectivity index (χ0v) is 14.1. The largest absolute Gasteiger partial charge is 0.280 e. The molecule has 1 N–H and O–H groups in total. The average Bonchev–Trinajstić information content (AvgIpc) is 2.95. The van der Waals surface area contributed by atoms with Crippen LogP contribution >= 0.6 is 15.9 Å². The molecule has 21 heavy (non-hydrogen) atoms. The number of hydrogen-bond acceptors (Lipinski definition) is 4. The second-order valence-corrected chi connectivity index (χ2v) is 8.67. The molecule has 2 atom stereocenters. The Labute approximate surface area is 132 Å². The van der Waals surface area contributed by atoms with Crippen molar-refractivity contribution >= 4 is 31.9 Å². The predicted octanol–water partition coefficient (Wildman–Crippen LogP) is 2.11. The Bertz CT molecular complexity index is 674. The van der Waals surface area contributed by atoms with E-state index in [2.05, 4.69) is 21.4 Å². The molecule has 0 aromatic heterocycles. The van der Waals surface area contributed by atoms with E-state index in [0.717, 1.165) is 29.2 Å². The average molecular weight is 373 g/mol. The molecule has 2 aliphatic rings. The minimum Gasteiger partial charge on any atom is -0.272 e. The first-order chi connectivity index (χ1) is 9.85. The van der Waals surface area contributed by atoms with E-state index in [1.807, 2.05) is 6.92 Å². The monoisotopic (exact) mass is 372 g/mol. The SMILES string of the molecule is Cc1ccc(S(=O)(=O)N2N[C@@]3(CCC[C@H]3Br)CC2=O)cc1. The fraction of sp³-hybridized carbons (Fsp3) is 0.500. The molecule has 2 fully saturated rings. The van der Waals surface area contributed by atoms with E-state index in [1.54, 1.807) is 12.1 Å². The van der Waals surface area contributed by atoms with E-state index in [0.29, 0.717) is 0 Å². The van der Waals surface area contributed by atoms with Gasteiger partial charge < -0.3 is 0 Å². The summed E-state index contributed by atoms with van der Waals surface area (Å²) in [5, 5.41) is 0. The Morgan fingerprint density at radius 2 is 2.00 bits per heavy atom. The maximum Gasteiger partial charge on any atom is 0.280 e. The molecule has 0 unspecified atom stereocenters. The minimum atomic E-state index is -3.84. The second kappa shape index (κ2) is 5.07. The normalized spacial score (nSPS) is 29.5. The van der Waals surface area contributed by atoms with Crippen LogP contribution in [-0.4, -0.2) is 29.1 Å². The van der Waals surface area contributed by atoms with Crippen LogP contribution in [0.1, 0.15) is 31.2 Å². The molecule has 114 valence electrons. The van der Waals surface area contributed by atoms with Crippen molar-refractivity contribution in [2.45, 2.75) is 47.9 Å². The Morgan fingerprint density at radius 1 is 1.33 bits per heavy atom. The maximum atomic E-state index is 12.6. The van der Waals surface area contributed by atoms with Crippen LogP contribution in [0.5, 0.6) is 0 Å². The lowest BCUT2D eigenvalue weighted by Crippen LogP contribution is -2.51. The van der Waals surface area contributed by atoms with Gasteiger partial charge >= 0.3 is 0 Å². The summed E-state index contributed by atoms with van der Waals surface area (Å²) < 4.78 is 26.1. The van der Waals surface area contributed by atoms with Crippen molar-refractivity contribution in [1.29, 1.82) is 0 Å². The van der Waals surface area contributed by atoms with Gasteiger partial charge in [0.25, 0.3) is 15.9 Å². The predicted molar refractivity (Wildman–Crippen MR) is 82.3 cm³/mol. The molecule has 1 amide bonds. The summed E-state index contributed by atoms with van der Waals surface area (Å²) >= 11 is 3.57. The Hall–Kier alpha value is -0.920. The van der Waals surface area contributed by atoms with Crippen molar-refractivity contribution in [3.05, 3.63) is 29.8 Å². The number of hydrogen-bond donors (Lipinski definition) is 1. The van der Waals surface area contributed by atoms with Gasteiger partial charge in [-0.2, -0.15) is 12.8 Å². The highest BCUT2D eigenvalue weighted by molar-refractivity contribution is 9.09. The summed E-state index contributed by atoms with van der Waals surface area (Å²) in [7, 11) is -3.84. The van der Waals surface area contributed by atoms with Gasteiger partial charge in [-0.05, 0) is 31.9 Å².